The Morgan fingerprint density at radius 2 is 2.39 bits per heavy atom. The Morgan fingerprint density at radius 3 is 3.17 bits per heavy atom. The quantitative estimate of drug-likeness (QED) is 0.585. The lowest BCUT2D eigenvalue weighted by atomic mass is 10.1. The van der Waals surface area contributed by atoms with E-state index in [1.54, 1.807) is 7.11 Å². The number of benzene rings is 1. The first-order chi connectivity index (χ1) is 8.72. The molecule has 0 saturated carbocycles. The van der Waals surface area contributed by atoms with Crippen molar-refractivity contribution < 1.29 is 9.53 Å². The van der Waals surface area contributed by atoms with Gasteiger partial charge >= 0.3 is 0 Å². The van der Waals surface area contributed by atoms with Crippen LogP contribution in [0, 0.1) is 0 Å². The summed E-state index contributed by atoms with van der Waals surface area (Å²) in [4.78, 5) is 13.8. The number of carbonyl (C=O) groups is 1. The van der Waals surface area contributed by atoms with Crippen LogP contribution in [0.1, 0.15) is 5.56 Å². The average molecular weight is 249 g/mol. The van der Waals surface area contributed by atoms with Gasteiger partial charge in [0.15, 0.2) is 0 Å². The highest BCUT2D eigenvalue weighted by molar-refractivity contribution is 5.85. The Kier molecular flexibility index (Phi) is 4.04. The van der Waals surface area contributed by atoms with Crippen molar-refractivity contribution in [3.05, 3.63) is 23.8 Å². The summed E-state index contributed by atoms with van der Waals surface area (Å²) in [5, 5.41) is 2.81. The fourth-order valence-corrected chi connectivity index (χ4v) is 2.25. The van der Waals surface area contributed by atoms with Crippen LogP contribution >= 0.6 is 0 Å². The molecule has 0 atom stereocenters. The second-order valence-corrected chi connectivity index (χ2v) is 4.37. The molecule has 5 heteroatoms. The zero-order valence-corrected chi connectivity index (χ0v) is 10.6. The van der Waals surface area contributed by atoms with Gasteiger partial charge in [0.25, 0.3) is 0 Å². The third-order valence-electron chi connectivity index (χ3n) is 3.08. The van der Waals surface area contributed by atoms with Crippen molar-refractivity contribution in [3.63, 3.8) is 0 Å². The van der Waals surface area contributed by atoms with Gasteiger partial charge in [-0.15, -0.1) is 0 Å². The lowest BCUT2D eigenvalue weighted by Gasteiger charge is -2.20. The number of anilines is 2. The molecule has 0 saturated heterocycles. The Morgan fingerprint density at radius 1 is 1.56 bits per heavy atom. The maximum atomic E-state index is 11.7. The minimum Gasteiger partial charge on any atom is -0.397 e. The van der Waals surface area contributed by atoms with Crippen molar-refractivity contribution in [1.82, 2.24) is 5.32 Å². The molecule has 0 aliphatic carbocycles. The minimum atomic E-state index is 0.00292. The number of nitrogens with two attached hydrogens (primary N) is 1. The van der Waals surface area contributed by atoms with Crippen molar-refractivity contribution in [2.45, 2.75) is 6.42 Å². The smallest absolute Gasteiger partial charge is 0.239 e. The SMILES string of the molecule is COCCNC(=O)CN1CCc2cccc(N)c21. The number of fused-ring (bicyclic) bond motifs is 1. The number of hydrogen-bond acceptors (Lipinski definition) is 4. The van der Waals surface area contributed by atoms with Crippen molar-refractivity contribution in [3.8, 4) is 0 Å². The molecule has 5 nitrogen and oxygen atoms in total. The van der Waals surface area contributed by atoms with E-state index < -0.39 is 0 Å². The monoisotopic (exact) mass is 249 g/mol. The molecule has 1 aromatic carbocycles. The minimum absolute atomic E-state index is 0.00292. The number of amides is 1. The fourth-order valence-electron chi connectivity index (χ4n) is 2.25. The first kappa shape index (κ1) is 12.7. The van der Waals surface area contributed by atoms with E-state index in [1.165, 1.54) is 5.56 Å². The highest BCUT2D eigenvalue weighted by Gasteiger charge is 2.22. The average Bonchev–Trinajstić information content (AvgIpc) is 2.74. The van der Waals surface area contributed by atoms with Crippen LogP contribution in [0.3, 0.4) is 0 Å². The van der Waals surface area contributed by atoms with Crippen LogP contribution in [0.25, 0.3) is 0 Å². The van der Waals surface area contributed by atoms with Gasteiger partial charge in [-0.2, -0.15) is 0 Å². The molecule has 18 heavy (non-hydrogen) atoms. The lowest BCUT2D eigenvalue weighted by Crippen LogP contribution is -2.37. The van der Waals surface area contributed by atoms with Crippen molar-refractivity contribution >= 4 is 17.3 Å². The maximum absolute atomic E-state index is 11.7. The van der Waals surface area contributed by atoms with Gasteiger partial charge in [0.2, 0.25) is 5.91 Å². The molecule has 0 bridgehead atoms. The summed E-state index contributed by atoms with van der Waals surface area (Å²) in [5.41, 5.74) is 8.95. The zero-order chi connectivity index (χ0) is 13.0. The van der Waals surface area contributed by atoms with Gasteiger partial charge in [0, 0.05) is 20.2 Å². The molecular formula is C13H19N3O2. The molecule has 0 fully saturated rings. The van der Waals surface area contributed by atoms with E-state index in [0.717, 1.165) is 24.3 Å². The highest BCUT2D eigenvalue weighted by Crippen LogP contribution is 2.33. The summed E-state index contributed by atoms with van der Waals surface area (Å²) in [6, 6.07) is 5.89. The van der Waals surface area contributed by atoms with E-state index in [9.17, 15) is 4.79 Å². The topological polar surface area (TPSA) is 67.6 Å². The summed E-state index contributed by atoms with van der Waals surface area (Å²) in [6.07, 6.45) is 0.950. The molecule has 0 unspecified atom stereocenters. The molecule has 0 spiro atoms. The third-order valence-corrected chi connectivity index (χ3v) is 3.08. The first-order valence-electron chi connectivity index (χ1n) is 6.10. The van der Waals surface area contributed by atoms with Crippen molar-refractivity contribution in [2.75, 3.05) is 44.0 Å². The Labute approximate surface area is 107 Å². The molecule has 2 rings (SSSR count). The summed E-state index contributed by atoms with van der Waals surface area (Å²) in [7, 11) is 1.61. The van der Waals surface area contributed by atoms with Gasteiger partial charge in [-0.25, -0.2) is 0 Å². The van der Waals surface area contributed by atoms with Crippen molar-refractivity contribution in [2.24, 2.45) is 0 Å². The molecule has 1 heterocycles. The van der Waals surface area contributed by atoms with Gasteiger partial charge in [0.1, 0.15) is 0 Å². The molecule has 1 aliphatic heterocycles. The second kappa shape index (κ2) is 5.73. The number of carbonyl (C=O) groups excluding carboxylic acids is 1. The van der Waals surface area contributed by atoms with E-state index in [0.29, 0.717) is 19.7 Å². The van der Waals surface area contributed by atoms with Crippen LogP contribution in [-0.2, 0) is 16.0 Å². The van der Waals surface area contributed by atoms with Crippen LogP contribution in [0.5, 0.6) is 0 Å². The molecule has 1 aliphatic rings. The number of nitrogens with one attached hydrogen (secondary N) is 1. The molecular weight excluding hydrogens is 230 g/mol. The van der Waals surface area contributed by atoms with Gasteiger partial charge in [-0.3, -0.25) is 4.79 Å². The van der Waals surface area contributed by atoms with E-state index in [-0.39, 0.29) is 5.91 Å². The van der Waals surface area contributed by atoms with Gasteiger partial charge in [-0.1, -0.05) is 12.1 Å². The third kappa shape index (κ3) is 2.73. The van der Waals surface area contributed by atoms with E-state index in [2.05, 4.69) is 11.4 Å². The summed E-state index contributed by atoms with van der Waals surface area (Å²) in [6.45, 7) is 2.27. The number of para-hydroxylation sites is 1. The van der Waals surface area contributed by atoms with Crippen LogP contribution in [0.15, 0.2) is 18.2 Å². The normalized spacial score (nSPS) is 13.5. The largest absolute Gasteiger partial charge is 0.397 e. The first-order valence-corrected chi connectivity index (χ1v) is 6.10. The van der Waals surface area contributed by atoms with E-state index in [1.807, 2.05) is 17.0 Å². The van der Waals surface area contributed by atoms with Gasteiger partial charge in [-0.05, 0) is 18.1 Å². The summed E-state index contributed by atoms with van der Waals surface area (Å²) >= 11 is 0. The summed E-state index contributed by atoms with van der Waals surface area (Å²) in [5.74, 6) is 0.00292. The molecule has 0 radical (unpaired) electrons. The van der Waals surface area contributed by atoms with Crippen molar-refractivity contribution in [1.29, 1.82) is 0 Å². The lowest BCUT2D eigenvalue weighted by molar-refractivity contribution is -0.119. The van der Waals surface area contributed by atoms with E-state index in [4.69, 9.17) is 10.5 Å². The predicted molar refractivity (Wildman–Crippen MR) is 71.7 cm³/mol. The van der Waals surface area contributed by atoms with Gasteiger partial charge < -0.3 is 20.7 Å². The Balaban J connectivity index is 1.95. The Hall–Kier alpha value is -1.75. The summed E-state index contributed by atoms with van der Waals surface area (Å²) < 4.78 is 4.89. The number of hydrogen-bond donors (Lipinski definition) is 2. The van der Waals surface area contributed by atoms with Crippen LogP contribution in [0.4, 0.5) is 11.4 Å². The predicted octanol–water partition coefficient (Wildman–Crippen LogP) is 0.394. The number of nitrogens with zero attached hydrogens (tertiary/aromatic N) is 1. The van der Waals surface area contributed by atoms with E-state index >= 15 is 0 Å². The maximum Gasteiger partial charge on any atom is 0.239 e. The zero-order valence-electron chi connectivity index (χ0n) is 10.6. The van der Waals surface area contributed by atoms with Crippen LogP contribution in [0.2, 0.25) is 0 Å². The van der Waals surface area contributed by atoms with Crippen LogP contribution < -0.4 is 16.0 Å². The standard InChI is InChI=1S/C13H19N3O2/c1-18-8-6-15-12(17)9-16-7-5-10-3-2-4-11(14)13(10)16/h2-4H,5-9,14H2,1H3,(H,15,17). The van der Waals surface area contributed by atoms with Crippen LogP contribution in [-0.4, -0.2) is 39.3 Å². The number of methoxy groups -OCH3 is 1. The number of ether oxygens (including phenoxy) is 1. The molecule has 3 N–H and O–H groups in total. The number of rotatable bonds is 5. The van der Waals surface area contributed by atoms with Gasteiger partial charge in [0.05, 0.1) is 24.5 Å². The fraction of sp³-hybridized carbons (Fsp3) is 0.462. The highest BCUT2D eigenvalue weighted by atomic mass is 16.5. The molecule has 0 aromatic heterocycles. The molecule has 98 valence electrons. The molecule has 1 aromatic rings. The Bertz CT molecular complexity index is 434. The number of nitrogen functional groups attached to an aromatic ring is 1. The second-order valence-electron chi connectivity index (χ2n) is 4.37. The molecule has 1 amide bonds.